The first kappa shape index (κ1) is 14.9. The van der Waals surface area contributed by atoms with Crippen molar-refractivity contribution >= 4 is 35.9 Å². The van der Waals surface area contributed by atoms with Gasteiger partial charge in [0.05, 0.1) is 0 Å². The maximum Gasteiger partial charge on any atom is 0.211 e. The third-order valence-corrected chi connectivity index (χ3v) is 3.45. The zero-order chi connectivity index (χ0) is 15.2. The van der Waals surface area contributed by atoms with E-state index in [1.54, 1.807) is 0 Å². The van der Waals surface area contributed by atoms with Crippen LogP contribution in [0.15, 0.2) is 30.3 Å². The van der Waals surface area contributed by atoms with Crippen LogP contribution in [0.3, 0.4) is 0 Å². The first-order valence-electron chi connectivity index (χ1n) is 6.99. The number of rotatable bonds is 4. The number of nitrogens with one attached hydrogen (secondary N) is 2. The summed E-state index contributed by atoms with van der Waals surface area (Å²) in [6.07, 6.45) is 6.92. The predicted molar refractivity (Wildman–Crippen MR) is 90.0 cm³/mol. The summed E-state index contributed by atoms with van der Waals surface area (Å²) in [6, 6.07) is 9.87. The normalized spacial score (nSPS) is 13.6. The molecule has 0 aliphatic carbocycles. The number of aromatic amines is 1. The van der Waals surface area contributed by atoms with Crippen molar-refractivity contribution in [3.05, 3.63) is 52.2 Å². The molecule has 0 atom stereocenters. The quantitative estimate of drug-likeness (QED) is 0.831. The molecule has 1 aromatic heterocycles. The molecule has 2 aromatic rings. The van der Waals surface area contributed by atoms with Crippen molar-refractivity contribution < 1.29 is 4.79 Å². The summed E-state index contributed by atoms with van der Waals surface area (Å²) in [5.74, 6) is 0. The predicted octanol–water partition coefficient (Wildman–Crippen LogP) is 2.74. The Hall–Kier alpha value is -2.55. The molecule has 108 valence electrons. The number of hydrogen-bond donors (Lipinski definition) is 2. The second kappa shape index (κ2) is 6.75. The van der Waals surface area contributed by atoms with Gasteiger partial charge in [0, 0.05) is 16.7 Å². The highest BCUT2D eigenvalue weighted by Crippen LogP contribution is 2.20. The maximum atomic E-state index is 10.7. The first-order valence-corrected chi connectivity index (χ1v) is 6.99. The minimum atomic E-state index is 0.699. The molecular weight excluding hydrogens is 260 g/mol. The Morgan fingerprint density at radius 1 is 1.19 bits per heavy atom. The molecule has 0 saturated heterocycles. The molecule has 21 heavy (non-hydrogen) atoms. The average Bonchev–Trinajstić information content (AvgIpc) is 2.93. The minimum Gasteiger partial charge on any atom is -0.355 e. The number of benzene rings is 1. The first-order chi connectivity index (χ1) is 10.2. The lowest BCUT2D eigenvalue weighted by atomic mass is 10.1. The molecular formula is C18H20N2O. The van der Waals surface area contributed by atoms with E-state index < -0.39 is 0 Å². The lowest BCUT2D eigenvalue weighted by Gasteiger charge is -2.05. The zero-order valence-electron chi connectivity index (χ0n) is 12.6. The lowest BCUT2D eigenvalue weighted by Crippen LogP contribution is -2.20. The van der Waals surface area contributed by atoms with Gasteiger partial charge in [-0.3, -0.25) is 4.79 Å². The SMILES string of the molecule is C/C=c1/cc(/C(C)=C/c2ccccc2NC=O)[nH]/c1=C/C. The number of anilines is 1. The fourth-order valence-electron chi connectivity index (χ4n) is 2.31. The summed E-state index contributed by atoms with van der Waals surface area (Å²) in [4.78, 5) is 14.1. The summed E-state index contributed by atoms with van der Waals surface area (Å²) < 4.78 is 0. The minimum absolute atomic E-state index is 0.699. The van der Waals surface area contributed by atoms with Gasteiger partial charge in [0.15, 0.2) is 0 Å². The van der Waals surface area contributed by atoms with Crippen LogP contribution in [0.5, 0.6) is 0 Å². The van der Waals surface area contributed by atoms with Crippen molar-refractivity contribution in [3.8, 4) is 0 Å². The summed E-state index contributed by atoms with van der Waals surface area (Å²) in [7, 11) is 0. The fraction of sp³-hybridized carbons (Fsp3) is 0.167. The Balaban J connectivity index is 2.47. The Bertz CT molecular complexity index is 750. The van der Waals surface area contributed by atoms with Gasteiger partial charge in [-0.15, -0.1) is 0 Å². The largest absolute Gasteiger partial charge is 0.355 e. The molecule has 3 heteroatoms. The molecule has 2 N–H and O–H groups in total. The van der Waals surface area contributed by atoms with E-state index in [-0.39, 0.29) is 0 Å². The van der Waals surface area contributed by atoms with Crippen molar-refractivity contribution in [1.82, 2.24) is 4.98 Å². The molecule has 1 aromatic carbocycles. The molecule has 0 aliphatic rings. The molecule has 0 unspecified atom stereocenters. The molecule has 1 heterocycles. The smallest absolute Gasteiger partial charge is 0.211 e. The molecule has 1 amide bonds. The van der Waals surface area contributed by atoms with Crippen molar-refractivity contribution in [2.75, 3.05) is 5.32 Å². The van der Waals surface area contributed by atoms with E-state index in [2.05, 4.69) is 41.5 Å². The number of H-pyrrole nitrogens is 1. The van der Waals surface area contributed by atoms with Crippen LogP contribution in [0.1, 0.15) is 32.0 Å². The topological polar surface area (TPSA) is 44.9 Å². The Morgan fingerprint density at radius 2 is 1.95 bits per heavy atom. The van der Waals surface area contributed by atoms with Crippen molar-refractivity contribution in [2.45, 2.75) is 20.8 Å². The van der Waals surface area contributed by atoms with Gasteiger partial charge in [-0.05, 0) is 55.3 Å². The molecule has 2 rings (SSSR count). The molecule has 0 fully saturated rings. The highest BCUT2D eigenvalue weighted by molar-refractivity contribution is 5.86. The van der Waals surface area contributed by atoms with Crippen LogP contribution in [0.2, 0.25) is 0 Å². The Labute approximate surface area is 124 Å². The number of aromatic nitrogens is 1. The number of para-hydroxylation sites is 1. The number of carbonyl (C=O) groups is 1. The Morgan fingerprint density at radius 3 is 2.57 bits per heavy atom. The van der Waals surface area contributed by atoms with Crippen LogP contribution in [0.4, 0.5) is 5.69 Å². The van der Waals surface area contributed by atoms with Crippen LogP contribution in [-0.4, -0.2) is 11.4 Å². The third kappa shape index (κ3) is 3.31. The van der Waals surface area contributed by atoms with Gasteiger partial charge in [-0.1, -0.05) is 30.4 Å². The summed E-state index contributed by atoms with van der Waals surface area (Å²) in [6.45, 7) is 6.11. The van der Waals surface area contributed by atoms with Crippen LogP contribution in [0, 0.1) is 0 Å². The number of amides is 1. The summed E-state index contributed by atoms with van der Waals surface area (Å²) in [5.41, 5.74) is 3.99. The van der Waals surface area contributed by atoms with Crippen LogP contribution in [-0.2, 0) is 4.79 Å². The molecule has 0 bridgehead atoms. The molecule has 0 aliphatic heterocycles. The van der Waals surface area contributed by atoms with E-state index >= 15 is 0 Å². The fourth-order valence-corrected chi connectivity index (χ4v) is 2.31. The second-order valence-electron chi connectivity index (χ2n) is 4.81. The van der Waals surface area contributed by atoms with Gasteiger partial charge >= 0.3 is 0 Å². The van der Waals surface area contributed by atoms with Gasteiger partial charge in [0.2, 0.25) is 6.41 Å². The highest BCUT2D eigenvalue weighted by atomic mass is 16.1. The van der Waals surface area contributed by atoms with E-state index in [4.69, 9.17) is 0 Å². The van der Waals surface area contributed by atoms with Gasteiger partial charge in [0.25, 0.3) is 0 Å². The lowest BCUT2D eigenvalue weighted by molar-refractivity contribution is -0.105. The van der Waals surface area contributed by atoms with Gasteiger partial charge < -0.3 is 10.3 Å². The number of allylic oxidation sites excluding steroid dienone is 1. The molecule has 3 nitrogen and oxygen atoms in total. The van der Waals surface area contributed by atoms with E-state index in [1.807, 2.05) is 38.1 Å². The second-order valence-corrected chi connectivity index (χ2v) is 4.81. The maximum absolute atomic E-state index is 10.7. The van der Waals surface area contributed by atoms with Gasteiger partial charge in [-0.25, -0.2) is 0 Å². The van der Waals surface area contributed by atoms with Crippen LogP contribution < -0.4 is 15.9 Å². The molecule has 0 radical (unpaired) electrons. The van der Waals surface area contributed by atoms with E-state index in [0.717, 1.165) is 27.9 Å². The van der Waals surface area contributed by atoms with Gasteiger partial charge in [-0.2, -0.15) is 0 Å². The van der Waals surface area contributed by atoms with Crippen molar-refractivity contribution in [3.63, 3.8) is 0 Å². The van der Waals surface area contributed by atoms with E-state index in [1.165, 1.54) is 5.22 Å². The average molecular weight is 280 g/mol. The molecule has 0 saturated carbocycles. The van der Waals surface area contributed by atoms with Crippen molar-refractivity contribution in [1.29, 1.82) is 0 Å². The van der Waals surface area contributed by atoms with E-state index in [0.29, 0.717) is 6.41 Å². The molecule has 0 spiro atoms. The zero-order valence-corrected chi connectivity index (χ0v) is 12.6. The third-order valence-electron chi connectivity index (χ3n) is 3.45. The standard InChI is InChI=1S/C18H20N2O/c1-4-14-11-18(20-16(14)5-2)13(3)10-15-8-6-7-9-17(15)19-12-21/h4-12,20H,1-3H3,(H,19,21)/b13-10+,14-4-,16-5+. The van der Waals surface area contributed by atoms with Crippen LogP contribution >= 0.6 is 0 Å². The monoisotopic (exact) mass is 280 g/mol. The summed E-state index contributed by atoms with van der Waals surface area (Å²) in [5, 5.41) is 5.04. The van der Waals surface area contributed by atoms with Crippen molar-refractivity contribution in [2.24, 2.45) is 0 Å². The number of carbonyl (C=O) groups excluding carboxylic acids is 1. The summed E-state index contributed by atoms with van der Waals surface area (Å²) >= 11 is 0. The van der Waals surface area contributed by atoms with Crippen LogP contribution in [0.25, 0.3) is 23.8 Å². The number of hydrogen-bond acceptors (Lipinski definition) is 1. The highest BCUT2D eigenvalue weighted by Gasteiger charge is 2.02. The Kier molecular flexibility index (Phi) is 4.77. The van der Waals surface area contributed by atoms with Gasteiger partial charge in [0.1, 0.15) is 0 Å². The van der Waals surface area contributed by atoms with E-state index in [9.17, 15) is 4.79 Å².